The maximum absolute atomic E-state index is 13.7. The number of aliphatic hydroxyl groups is 1. The van der Waals surface area contributed by atoms with E-state index in [1.54, 1.807) is 30.5 Å². The highest BCUT2D eigenvalue weighted by Crippen LogP contribution is 2.19. The van der Waals surface area contributed by atoms with Crippen molar-refractivity contribution in [3.05, 3.63) is 36.0 Å². The van der Waals surface area contributed by atoms with E-state index in [1.165, 1.54) is 0 Å². The standard InChI is InChI=1S/C31H42N8O13S/c1-13(40)25(30(50)38-21(12-53)29(49)37-20(31(51)52)10-22(33)41)39-27(47)18(6-7-23(42)43)35-28(48)19(36-26(46)16(32)9-24(44)45)8-14-11-34-17-5-3-2-4-15(14)17/h2-5,11,13,16,18-21,25,34,40,53H,6-10,12,32H2,1H3,(H2,33,41)(H,35,48)(H,36,46)(H,37,49)(H,38,50)(H,39,47)(H,42,43)(H,44,45)(H,51,52)/t13-,16+,18+,19+,20+,21+,25+/m1/s1. The fourth-order valence-electron chi connectivity index (χ4n) is 4.89. The molecule has 0 fully saturated rings. The van der Waals surface area contributed by atoms with Crippen molar-refractivity contribution in [3.63, 3.8) is 0 Å². The summed E-state index contributed by atoms with van der Waals surface area (Å²) in [7, 11) is 0. The van der Waals surface area contributed by atoms with Crippen molar-refractivity contribution in [2.24, 2.45) is 11.5 Å². The molecule has 21 nitrogen and oxygen atoms in total. The Hall–Kier alpha value is -5.74. The Morgan fingerprint density at radius 2 is 1.32 bits per heavy atom. The van der Waals surface area contributed by atoms with Crippen molar-refractivity contribution >= 4 is 76.9 Å². The largest absolute Gasteiger partial charge is 0.481 e. The molecule has 14 N–H and O–H groups in total. The number of primary amides is 1. The SMILES string of the molecule is C[C@@H](O)[C@H](NC(=O)[C@H](CCC(=O)O)NC(=O)[C@H](Cc1c[nH]c2ccccc12)NC(=O)[C@@H](N)CC(=O)O)C(=O)N[C@@H](CS)C(=O)N[C@@H](CC(N)=O)C(=O)O. The summed E-state index contributed by atoms with van der Waals surface area (Å²) in [5.74, 6) is -11.3. The molecule has 0 unspecified atom stereocenters. The van der Waals surface area contributed by atoms with Crippen LogP contribution in [-0.4, -0.2) is 127 Å². The molecular weight excluding hydrogens is 724 g/mol. The van der Waals surface area contributed by atoms with Gasteiger partial charge in [-0.3, -0.25) is 38.4 Å². The van der Waals surface area contributed by atoms with Gasteiger partial charge in [-0.15, -0.1) is 0 Å². The number of nitrogens with one attached hydrogen (secondary N) is 6. The van der Waals surface area contributed by atoms with Crippen LogP contribution in [0.2, 0.25) is 0 Å². The molecule has 0 aliphatic heterocycles. The number of hydrogen-bond acceptors (Lipinski definition) is 12. The summed E-state index contributed by atoms with van der Waals surface area (Å²) in [6.07, 6.45) is -3.08. The Morgan fingerprint density at radius 1 is 0.755 bits per heavy atom. The van der Waals surface area contributed by atoms with Gasteiger partial charge in [0.25, 0.3) is 0 Å². The number of carboxylic acids is 3. The van der Waals surface area contributed by atoms with E-state index in [-0.39, 0.29) is 6.42 Å². The molecule has 0 spiro atoms. The summed E-state index contributed by atoms with van der Waals surface area (Å²) in [5, 5.41) is 49.8. The molecule has 0 radical (unpaired) electrons. The smallest absolute Gasteiger partial charge is 0.326 e. The molecule has 0 aliphatic rings. The van der Waals surface area contributed by atoms with E-state index >= 15 is 0 Å². The Kier molecular flexibility index (Phi) is 16.7. The first-order valence-corrected chi connectivity index (χ1v) is 16.5. The summed E-state index contributed by atoms with van der Waals surface area (Å²) in [6, 6.07) is -2.94. The highest BCUT2D eigenvalue weighted by Gasteiger charge is 2.35. The number of aliphatic carboxylic acids is 3. The number of nitrogens with two attached hydrogens (primary N) is 2. The number of carbonyl (C=O) groups excluding carboxylic acids is 6. The average Bonchev–Trinajstić information content (AvgIpc) is 3.48. The number of hydrogen-bond donors (Lipinski definition) is 13. The number of benzene rings is 1. The predicted molar refractivity (Wildman–Crippen MR) is 186 cm³/mol. The van der Waals surface area contributed by atoms with Gasteiger partial charge in [0.2, 0.25) is 35.4 Å². The van der Waals surface area contributed by atoms with Crippen molar-refractivity contribution in [1.29, 1.82) is 0 Å². The summed E-state index contributed by atoms with van der Waals surface area (Å²) in [4.78, 5) is 114. The van der Waals surface area contributed by atoms with Crippen LogP contribution in [0.5, 0.6) is 0 Å². The zero-order valence-electron chi connectivity index (χ0n) is 28.2. The minimum absolute atomic E-state index is 0.206. The molecule has 0 saturated carbocycles. The van der Waals surface area contributed by atoms with Crippen LogP contribution in [0, 0.1) is 0 Å². The maximum Gasteiger partial charge on any atom is 0.326 e. The lowest BCUT2D eigenvalue weighted by Crippen LogP contribution is -2.61. The Morgan fingerprint density at radius 3 is 1.89 bits per heavy atom. The molecule has 2 rings (SSSR count). The average molecular weight is 767 g/mol. The Labute approximate surface area is 306 Å². The normalized spacial score (nSPS) is 14.9. The lowest BCUT2D eigenvalue weighted by Gasteiger charge is -2.27. The van der Waals surface area contributed by atoms with Crippen LogP contribution in [0.4, 0.5) is 0 Å². The van der Waals surface area contributed by atoms with Crippen LogP contribution in [0.25, 0.3) is 10.9 Å². The van der Waals surface area contributed by atoms with E-state index in [9.17, 15) is 58.5 Å². The summed E-state index contributed by atoms with van der Waals surface area (Å²) >= 11 is 3.97. The number of aliphatic hydroxyl groups excluding tert-OH is 1. The lowest BCUT2D eigenvalue weighted by atomic mass is 10.0. The number of fused-ring (bicyclic) bond motifs is 1. The molecule has 53 heavy (non-hydrogen) atoms. The fourth-order valence-corrected chi connectivity index (χ4v) is 5.14. The number of carbonyl (C=O) groups is 9. The van der Waals surface area contributed by atoms with E-state index in [0.29, 0.717) is 16.5 Å². The van der Waals surface area contributed by atoms with Crippen LogP contribution in [0.1, 0.15) is 38.2 Å². The first-order chi connectivity index (χ1) is 24.8. The number of para-hydroxylation sites is 1. The molecule has 1 aromatic carbocycles. The van der Waals surface area contributed by atoms with Crippen molar-refractivity contribution in [3.8, 4) is 0 Å². The zero-order chi connectivity index (χ0) is 40.0. The number of H-pyrrole nitrogens is 1. The molecule has 2 aromatic rings. The molecule has 0 saturated heterocycles. The topological polar surface area (TPSA) is 363 Å². The van der Waals surface area contributed by atoms with Gasteiger partial charge >= 0.3 is 17.9 Å². The molecule has 7 atom stereocenters. The molecule has 22 heteroatoms. The second-order valence-electron chi connectivity index (χ2n) is 11.9. The first kappa shape index (κ1) is 43.4. The lowest BCUT2D eigenvalue weighted by molar-refractivity contribution is -0.143. The number of carboxylic acid groups (broad SMARTS) is 3. The third-order valence-corrected chi connectivity index (χ3v) is 8.01. The highest BCUT2D eigenvalue weighted by molar-refractivity contribution is 7.80. The zero-order valence-corrected chi connectivity index (χ0v) is 29.1. The van der Waals surface area contributed by atoms with Gasteiger partial charge in [-0.05, 0) is 25.0 Å². The summed E-state index contributed by atoms with van der Waals surface area (Å²) < 4.78 is 0. The molecule has 1 aromatic heterocycles. The quantitative estimate of drug-likeness (QED) is 0.0509. The Balaban J connectivity index is 2.33. The van der Waals surface area contributed by atoms with Crippen molar-refractivity contribution in [1.82, 2.24) is 31.6 Å². The number of aromatic nitrogens is 1. The van der Waals surface area contributed by atoms with Gasteiger partial charge in [-0.1, -0.05) is 18.2 Å². The highest BCUT2D eigenvalue weighted by atomic mass is 32.1. The second kappa shape index (κ2) is 20.3. The summed E-state index contributed by atoms with van der Waals surface area (Å²) in [6.45, 7) is 1.09. The molecule has 6 amide bonds. The van der Waals surface area contributed by atoms with Gasteiger partial charge < -0.3 is 63.5 Å². The molecule has 1 heterocycles. The molecule has 0 aliphatic carbocycles. The summed E-state index contributed by atoms with van der Waals surface area (Å²) in [5.41, 5.74) is 11.9. The van der Waals surface area contributed by atoms with Crippen LogP contribution in [-0.2, 0) is 49.6 Å². The van der Waals surface area contributed by atoms with Crippen LogP contribution < -0.4 is 38.1 Å². The molecule has 290 valence electrons. The first-order valence-electron chi connectivity index (χ1n) is 15.9. The number of amides is 6. The van der Waals surface area contributed by atoms with E-state index in [2.05, 4.69) is 38.9 Å². The van der Waals surface area contributed by atoms with E-state index < -0.39 is 127 Å². The van der Waals surface area contributed by atoms with Crippen molar-refractivity contribution < 1.29 is 63.6 Å². The number of rotatable bonds is 22. The predicted octanol–water partition coefficient (Wildman–Crippen LogP) is -3.93. The van der Waals surface area contributed by atoms with E-state index in [1.807, 2.05) is 5.32 Å². The third kappa shape index (κ3) is 13.7. The maximum atomic E-state index is 13.7. The van der Waals surface area contributed by atoms with Gasteiger partial charge in [0.15, 0.2) is 0 Å². The molecule has 0 bridgehead atoms. The third-order valence-electron chi connectivity index (χ3n) is 7.64. The van der Waals surface area contributed by atoms with Gasteiger partial charge in [-0.25, -0.2) is 4.79 Å². The fraction of sp³-hybridized carbons (Fsp3) is 0.452. The van der Waals surface area contributed by atoms with Gasteiger partial charge in [0, 0.05) is 35.7 Å². The van der Waals surface area contributed by atoms with E-state index in [4.69, 9.17) is 16.6 Å². The van der Waals surface area contributed by atoms with Crippen molar-refractivity contribution in [2.75, 3.05) is 5.75 Å². The van der Waals surface area contributed by atoms with E-state index in [0.717, 1.165) is 6.92 Å². The van der Waals surface area contributed by atoms with Crippen LogP contribution in [0.3, 0.4) is 0 Å². The van der Waals surface area contributed by atoms with Crippen LogP contribution >= 0.6 is 12.6 Å². The second-order valence-corrected chi connectivity index (χ2v) is 12.2. The van der Waals surface area contributed by atoms with Gasteiger partial charge in [0.1, 0.15) is 30.2 Å². The monoisotopic (exact) mass is 766 g/mol. The van der Waals surface area contributed by atoms with Gasteiger partial charge in [-0.2, -0.15) is 12.6 Å². The number of aromatic amines is 1. The van der Waals surface area contributed by atoms with Crippen molar-refractivity contribution in [2.45, 2.75) is 81.4 Å². The van der Waals surface area contributed by atoms with Crippen LogP contribution in [0.15, 0.2) is 30.5 Å². The number of thiol groups is 1. The molecular formula is C31H42N8O13S. The minimum Gasteiger partial charge on any atom is -0.481 e. The Bertz CT molecular complexity index is 1700. The van der Waals surface area contributed by atoms with Gasteiger partial charge in [0.05, 0.1) is 25.0 Å². The minimum atomic E-state index is -1.83.